The number of carbonyl (C=O) groups excluding carboxylic acids is 1. The first-order valence-corrected chi connectivity index (χ1v) is 7.80. The van der Waals surface area contributed by atoms with Gasteiger partial charge >= 0.3 is 0 Å². The Bertz CT molecular complexity index is 251. The molecule has 0 bridgehead atoms. The predicted octanol–water partition coefficient (Wildman–Crippen LogP) is 2.23. The summed E-state index contributed by atoms with van der Waals surface area (Å²) < 4.78 is 5.70. The van der Waals surface area contributed by atoms with Crippen LogP contribution in [0.15, 0.2) is 0 Å². The molecule has 112 valence electrons. The molecule has 19 heavy (non-hydrogen) atoms. The van der Waals surface area contributed by atoms with E-state index in [1.165, 1.54) is 6.42 Å². The first kappa shape index (κ1) is 16.4. The van der Waals surface area contributed by atoms with Crippen LogP contribution in [0.3, 0.4) is 0 Å². The molecule has 1 atom stereocenters. The van der Waals surface area contributed by atoms with Crippen LogP contribution in [0.4, 0.5) is 0 Å². The third-order valence-corrected chi connectivity index (χ3v) is 3.83. The highest BCUT2D eigenvalue weighted by Crippen LogP contribution is 2.21. The Balaban J connectivity index is 2.10. The van der Waals surface area contributed by atoms with Gasteiger partial charge in [0, 0.05) is 12.1 Å². The van der Waals surface area contributed by atoms with E-state index in [4.69, 9.17) is 4.74 Å². The van der Waals surface area contributed by atoms with E-state index in [2.05, 4.69) is 24.5 Å². The number of ether oxygens (including phenoxy) is 1. The molecule has 1 amide bonds. The second-order valence-corrected chi connectivity index (χ2v) is 5.62. The van der Waals surface area contributed by atoms with Crippen molar-refractivity contribution in [2.24, 2.45) is 0 Å². The molecule has 1 fully saturated rings. The number of rotatable bonds is 8. The van der Waals surface area contributed by atoms with Crippen molar-refractivity contribution < 1.29 is 9.53 Å². The Labute approximate surface area is 117 Å². The molecule has 1 rings (SSSR count). The zero-order valence-electron chi connectivity index (χ0n) is 12.7. The van der Waals surface area contributed by atoms with Crippen LogP contribution in [-0.4, -0.2) is 37.2 Å². The maximum atomic E-state index is 11.6. The van der Waals surface area contributed by atoms with E-state index in [1.54, 1.807) is 0 Å². The molecule has 0 aromatic rings. The fraction of sp³-hybridized carbons (Fsp3) is 0.933. The summed E-state index contributed by atoms with van der Waals surface area (Å²) in [5.41, 5.74) is 0. The minimum atomic E-state index is 0.0144. The van der Waals surface area contributed by atoms with E-state index in [1.807, 2.05) is 6.92 Å². The van der Waals surface area contributed by atoms with E-state index in [0.29, 0.717) is 6.04 Å². The van der Waals surface area contributed by atoms with E-state index in [-0.39, 0.29) is 24.7 Å². The summed E-state index contributed by atoms with van der Waals surface area (Å²) in [4.78, 5) is 11.6. The second-order valence-electron chi connectivity index (χ2n) is 5.62. The highest BCUT2D eigenvalue weighted by atomic mass is 16.5. The lowest BCUT2D eigenvalue weighted by molar-refractivity contribution is -0.129. The van der Waals surface area contributed by atoms with Crippen molar-refractivity contribution in [3.8, 4) is 0 Å². The van der Waals surface area contributed by atoms with Crippen LogP contribution in [0.2, 0.25) is 0 Å². The number of carbonyl (C=O) groups is 1. The molecule has 1 aliphatic carbocycles. The number of hydrogen-bond donors (Lipinski definition) is 2. The molecular weight excluding hydrogens is 240 g/mol. The first-order valence-electron chi connectivity index (χ1n) is 7.80. The van der Waals surface area contributed by atoms with Crippen molar-refractivity contribution in [1.82, 2.24) is 10.6 Å². The number of nitrogens with one attached hydrogen (secondary N) is 2. The zero-order chi connectivity index (χ0) is 14.1. The van der Waals surface area contributed by atoms with Gasteiger partial charge in [-0.2, -0.15) is 0 Å². The van der Waals surface area contributed by atoms with Gasteiger partial charge in [-0.25, -0.2) is 0 Å². The molecule has 0 aliphatic heterocycles. The SMILES string of the molecule is CCCNC1CCC(OCC(=O)NC(C)CC)CC1. The summed E-state index contributed by atoms with van der Waals surface area (Å²) in [6.07, 6.45) is 6.87. The van der Waals surface area contributed by atoms with Gasteiger partial charge in [0.05, 0.1) is 6.10 Å². The monoisotopic (exact) mass is 270 g/mol. The lowest BCUT2D eigenvalue weighted by Gasteiger charge is -2.29. The van der Waals surface area contributed by atoms with Crippen LogP contribution in [0.1, 0.15) is 59.3 Å². The molecule has 4 nitrogen and oxygen atoms in total. The zero-order valence-corrected chi connectivity index (χ0v) is 12.7. The number of hydrogen-bond acceptors (Lipinski definition) is 3. The van der Waals surface area contributed by atoms with Crippen LogP contribution in [0, 0.1) is 0 Å². The van der Waals surface area contributed by atoms with Gasteiger partial charge < -0.3 is 15.4 Å². The predicted molar refractivity (Wildman–Crippen MR) is 78.2 cm³/mol. The molecule has 4 heteroatoms. The number of amides is 1. The highest BCUT2D eigenvalue weighted by molar-refractivity contribution is 5.77. The third kappa shape index (κ3) is 6.92. The molecule has 0 aromatic heterocycles. The Kier molecular flexibility index (Phi) is 8.07. The molecular formula is C15H30N2O2. The second kappa shape index (κ2) is 9.32. The summed E-state index contributed by atoms with van der Waals surface area (Å²) >= 11 is 0. The molecule has 0 aromatic carbocycles. The van der Waals surface area contributed by atoms with Gasteiger partial charge in [0.15, 0.2) is 0 Å². The van der Waals surface area contributed by atoms with Gasteiger partial charge in [0.25, 0.3) is 0 Å². The third-order valence-electron chi connectivity index (χ3n) is 3.83. The van der Waals surface area contributed by atoms with E-state index in [9.17, 15) is 4.79 Å². The maximum absolute atomic E-state index is 11.6. The molecule has 1 aliphatic rings. The molecule has 2 N–H and O–H groups in total. The Hall–Kier alpha value is -0.610. The highest BCUT2D eigenvalue weighted by Gasteiger charge is 2.21. The van der Waals surface area contributed by atoms with Crippen molar-refractivity contribution in [2.45, 2.75) is 77.5 Å². The first-order chi connectivity index (χ1) is 9.15. The van der Waals surface area contributed by atoms with E-state index in [0.717, 1.165) is 38.6 Å². The Morgan fingerprint density at radius 2 is 1.95 bits per heavy atom. The van der Waals surface area contributed by atoms with Crippen LogP contribution in [0.25, 0.3) is 0 Å². The summed E-state index contributed by atoms with van der Waals surface area (Å²) in [7, 11) is 0. The van der Waals surface area contributed by atoms with Gasteiger partial charge in [0.2, 0.25) is 5.91 Å². The fourth-order valence-corrected chi connectivity index (χ4v) is 2.39. The molecule has 1 unspecified atom stereocenters. The average Bonchev–Trinajstić information content (AvgIpc) is 2.43. The van der Waals surface area contributed by atoms with Crippen molar-refractivity contribution in [1.29, 1.82) is 0 Å². The van der Waals surface area contributed by atoms with Gasteiger partial charge in [-0.3, -0.25) is 4.79 Å². The summed E-state index contributed by atoms with van der Waals surface area (Å²) in [5.74, 6) is 0.0144. The van der Waals surface area contributed by atoms with Crippen LogP contribution < -0.4 is 10.6 Å². The Morgan fingerprint density at radius 1 is 1.26 bits per heavy atom. The smallest absolute Gasteiger partial charge is 0.246 e. The largest absolute Gasteiger partial charge is 0.368 e. The molecule has 0 heterocycles. The summed E-state index contributed by atoms with van der Waals surface area (Å²) in [6.45, 7) is 7.59. The van der Waals surface area contributed by atoms with Crippen molar-refractivity contribution in [3.63, 3.8) is 0 Å². The van der Waals surface area contributed by atoms with Crippen LogP contribution in [-0.2, 0) is 9.53 Å². The lowest BCUT2D eigenvalue weighted by atomic mass is 9.93. The molecule has 0 radical (unpaired) electrons. The fourth-order valence-electron chi connectivity index (χ4n) is 2.39. The van der Waals surface area contributed by atoms with Crippen LogP contribution >= 0.6 is 0 Å². The van der Waals surface area contributed by atoms with Crippen molar-refractivity contribution in [2.75, 3.05) is 13.2 Å². The molecule has 1 saturated carbocycles. The van der Waals surface area contributed by atoms with Crippen LogP contribution in [0.5, 0.6) is 0 Å². The van der Waals surface area contributed by atoms with Gasteiger partial charge in [-0.15, -0.1) is 0 Å². The van der Waals surface area contributed by atoms with Crippen molar-refractivity contribution >= 4 is 5.91 Å². The molecule has 0 saturated heterocycles. The maximum Gasteiger partial charge on any atom is 0.246 e. The van der Waals surface area contributed by atoms with Crippen molar-refractivity contribution in [3.05, 3.63) is 0 Å². The quantitative estimate of drug-likeness (QED) is 0.711. The standard InChI is InChI=1S/C15H30N2O2/c1-4-10-16-13-6-8-14(9-7-13)19-11-15(18)17-12(3)5-2/h12-14,16H,4-11H2,1-3H3,(H,17,18). The topological polar surface area (TPSA) is 50.4 Å². The lowest BCUT2D eigenvalue weighted by Crippen LogP contribution is -2.38. The van der Waals surface area contributed by atoms with Gasteiger partial charge in [-0.1, -0.05) is 13.8 Å². The van der Waals surface area contributed by atoms with Gasteiger partial charge in [0.1, 0.15) is 6.61 Å². The van der Waals surface area contributed by atoms with E-state index < -0.39 is 0 Å². The van der Waals surface area contributed by atoms with Gasteiger partial charge in [-0.05, 0) is 52.0 Å². The van der Waals surface area contributed by atoms with E-state index >= 15 is 0 Å². The Morgan fingerprint density at radius 3 is 2.53 bits per heavy atom. The molecule has 0 spiro atoms. The average molecular weight is 270 g/mol. The summed E-state index contributed by atoms with van der Waals surface area (Å²) in [6, 6.07) is 0.888. The minimum Gasteiger partial charge on any atom is -0.368 e. The summed E-state index contributed by atoms with van der Waals surface area (Å²) in [5, 5.41) is 6.49. The minimum absolute atomic E-state index is 0.0144. The normalized spacial score (nSPS) is 25.0.